The van der Waals surface area contributed by atoms with Gasteiger partial charge in [-0.1, -0.05) is 0 Å². The van der Waals surface area contributed by atoms with Crippen molar-refractivity contribution < 1.29 is 20.7 Å². The molecule has 0 aromatic carbocycles. The first-order valence-corrected chi connectivity index (χ1v) is 11.5. The van der Waals surface area contributed by atoms with Crippen LogP contribution < -0.4 is 0 Å². The average molecular weight is 343 g/mol. The van der Waals surface area contributed by atoms with E-state index in [-0.39, 0.29) is 11.5 Å². The summed E-state index contributed by atoms with van der Waals surface area (Å²) < 4.78 is 0. The molecule has 0 fully saturated rings. The van der Waals surface area contributed by atoms with E-state index < -0.39 is 10.8 Å². The van der Waals surface area contributed by atoms with Crippen molar-refractivity contribution in [1.29, 1.82) is 0 Å². The van der Waals surface area contributed by atoms with E-state index >= 15 is 0 Å². The molecule has 0 bridgehead atoms. The molecule has 0 unspecified atom stereocenters. The monoisotopic (exact) mass is 342 g/mol. The third-order valence-electron chi connectivity index (χ3n) is 0.412. The van der Waals surface area contributed by atoms with Crippen LogP contribution in [0, 0.1) is 0 Å². The molecular weight excluding hydrogens is 335 g/mol. The first-order valence-electron chi connectivity index (χ1n) is 2.54. The van der Waals surface area contributed by atoms with Gasteiger partial charge in [-0.25, -0.2) is 0 Å². The van der Waals surface area contributed by atoms with Crippen LogP contribution in [0.3, 0.4) is 0 Å². The number of rotatable bonds is 1. The molecule has 0 radical (unpaired) electrons. The van der Waals surface area contributed by atoms with E-state index in [4.69, 9.17) is 43.9 Å². The van der Waals surface area contributed by atoms with Gasteiger partial charge in [-0.3, -0.25) is 4.79 Å². The zero-order valence-electron chi connectivity index (χ0n) is 6.30. The van der Waals surface area contributed by atoms with Crippen molar-refractivity contribution in [2.75, 3.05) is 0 Å². The Morgan fingerprint density at radius 2 is 1.50 bits per heavy atom. The van der Waals surface area contributed by atoms with Gasteiger partial charge in [0.2, 0.25) is 0 Å². The molecule has 0 aromatic heterocycles. The second kappa shape index (κ2) is 7.40. The fourth-order valence-electron chi connectivity index (χ4n) is 0.294. The second-order valence-electron chi connectivity index (χ2n) is 1.70. The Hall–Kier alpha value is 0.993. The average Bonchev–Trinajstić information content (AvgIpc) is 1.52. The molecule has 0 aliphatic carbocycles. The first-order chi connectivity index (χ1) is 5.13. The summed E-state index contributed by atoms with van der Waals surface area (Å²) in [5.41, 5.74) is 0. The molecule has 76 valence electrons. The normalized spacial score (nSPS) is 13.0. The first kappa shape index (κ1) is 15.5. The van der Waals surface area contributed by atoms with E-state index in [2.05, 4.69) is 0 Å². The number of hydrogen-bond acceptors (Lipinski definition) is 2. The van der Waals surface area contributed by atoms with Crippen LogP contribution in [0.25, 0.3) is 0 Å². The van der Waals surface area contributed by atoms with Gasteiger partial charge in [0.25, 0.3) is 0 Å². The Labute approximate surface area is 90.4 Å². The molecule has 12 heavy (non-hydrogen) atoms. The molecule has 0 aromatic rings. The topological polar surface area (TPSA) is 37.3 Å². The minimum atomic E-state index is -2.97. The Kier molecular flexibility index (Phi) is 9.54. The Bertz CT molecular complexity index is 165. The fourth-order valence-corrected chi connectivity index (χ4v) is 0.294. The molecule has 7 heteroatoms. The van der Waals surface area contributed by atoms with Crippen molar-refractivity contribution in [1.82, 2.24) is 0 Å². The minimum absolute atomic E-state index is 0.0625. The number of carbonyl (C=O) groups is 1. The summed E-state index contributed by atoms with van der Waals surface area (Å²) in [6, 6.07) is 0. The standard InChI is InChI=1S/C5H8O2.4ClH.Ru/c1-4(6)3-5(2)7;;;;;/h3,6H,1-2H3;4*1H;/q;;;;;+4/p-4/b4-3-;;;;;. The molecule has 0 spiro atoms. The Morgan fingerprint density at radius 3 is 1.50 bits per heavy atom. The number of ketones is 1. The third kappa shape index (κ3) is 44.0. The van der Waals surface area contributed by atoms with Gasteiger partial charge in [0, 0.05) is 6.08 Å². The van der Waals surface area contributed by atoms with Gasteiger partial charge in [0.1, 0.15) is 0 Å². The maximum absolute atomic E-state index is 10.0. The molecule has 0 heterocycles. The van der Waals surface area contributed by atoms with Crippen molar-refractivity contribution in [3.8, 4) is 0 Å². The van der Waals surface area contributed by atoms with Crippen LogP contribution in [-0.4, -0.2) is 10.9 Å². The van der Waals surface area contributed by atoms with Crippen LogP contribution in [0.5, 0.6) is 0 Å². The summed E-state index contributed by atoms with van der Waals surface area (Å²) in [7, 11) is 17.0. The zero-order valence-corrected chi connectivity index (χ0v) is 11.1. The predicted molar refractivity (Wildman–Crippen MR) is 50.5 cm³/mol. The Morgan fingerprint density at radius 1 is 1.25 bits per heavy atom. The number of hydrogen-bond donors (Lipinski definition) is 1. The summed E-state index contributed by atoms with van der Waals surface area (Å²) in [6.07, 6.45) is 1.17. The molecule has 0 aliphatic heterocycles. The van der Waals surface area contributed by atoms with Crippen molar-refractivity contribution in [3.05, 3.63) is 11.8 Å². The molecule has 0 aliphatic rings. The van der Waals surface area contributed by atoms with Crippen LogP contribution in [0.1, 0.15) is 13.8 Å². The summed E-state index contributed by atoms with van der Waals surface area (Å²) in [4.78, 5) is 10.0. The molecule has 0 amide bonds. The summed E-state index contributed by atoms with van der Waals surface area (Å²) in [6.45, 7) is 2.85. The SMILES string of the molecule is CC(=O)/C=C(/C)O.[Cl][Ru]([Cl])([Cl])[Cl]. The molecule has 0 saturated carbocycles. The van der Waals surface area contributed by atoms with Crippen LogP contribution in [-0.2, 0) is 15.6 Å². The van der Waals surface area contributed by atoms with Gasteiger partial charge in [0.15, 0.2) is 5.78 Å². The quantitative estimate of drug-likeness (QED) is 0.447. The summed E-state index contributed by atoms with van der Waals surface area (Å²) >= 11 is 0. The van der Waals surface area contributed by atoms with Crippen LogP contribution in [0.2, 0.25) is 0 Å². The van der Waals surface area contributed by atoms with Crippen molar-refractivity contribution in [3.63, 3.8) is 0 Å². The molecule has 0 saturated heterocycles. The van der Waals surface area contributed by atoms with Crippen molar-refractivity contribution in [2.24, 2.45) is 0 Å². The molecule has 1 N–H and O–H groups in total. The number of aliphatic hydroxyl groups is 1. The summed E-state index contributed by atoms with van der Waals surface area (Å²) in [5.74, 6) is -0.0625. The Balaban J connectivity index is 0. The number of allylic oxidation sites excluding steroid dienone is 2. The number of carbonyl (C=O) groups excluding carboxylic acids is 1. The van der Waals surface area contributed by atoms with Crippen molar-refractivity contribution in [2.45, 2.75) is 13.8 Å². The van der Waals surface area contributed by atoms with E-state index in [0.29, 0.717) is 0 Å². The van der Waals surface area contributed by atoms with Crippen LogP contribution in [0.15, 0.2) is 11.8 Å². The fraction of sp³-hybridized carbons (Fsp3) is 0.400. The van der Waals surface area contributed by atoms with Crippen LogP contribution in [0.4, 0.5) is 0 Å². The van der Waals surface area contributed by atoms with Gasteiger partial charge in [-0.05, 0) is 13.8 Å². The van der Waals surface area contributed by atoms with E-state index in [1.54, 1.807) is 0 Å². The van der Waals surface area contributed by atoms with Gasteiger partial charge >= 0.3 is 49.6 Å². The van der Waals surface area contributed by atoms with Gasteiger partial charge in [-0.2, -0.15) is 0 Å². The second-order valence-corrected chi connectivity index (χ2v) is 17.5. The number of aliphatic hydroxyl groups excluding tert-OH is 1. The van der Waals surface area contributed by atoms with E-state index in [1.165, 1.54) is 19.9 Å². The molecule has 0 rings (SSSR count). The van der Waals surface area contributed by atoms with E-state index in [9.17, 15) is 4.79 Å². The summed E-state index contributed by atoms with van der Waals surface area (Å²) in [5, 5.41) is 8.36. The number of halogens is 4. The molecular formula is C5H8Cl4O2Ru. The van der Waals surface area contributed by atoms with E-state index in [0.717, 1.165) is 0 Å². The van der Waals surface area contributed by atoms with Gasteiger partial charge < -0.3 is 5.11 Å². The predicted octanol–water partition coefficient (Wildman–Crippen LogP) is 3.79. The van der Waals surface area contributed by atoms with Gasteiger partial charge in [-0.15, -0.1) is 0 Å². The van der Waals surface area contributed by atoms with Crippen molar-refractivity contribution >= 4 is 44.5 Å². The van der Waals surface area contributed by atoms with E-state index in [1.807, 2.05) is 0 Å². The zero-order chi connectivity index (χ0) is 10.4. The molecule has 0 atom stereocenters. The van der Waals surface area contributed by atoms with Gasteiger partial charge in [0.05, 0.1) is 5.76 Å². The van der Waals surface area contributed by atoms with Crippen LogP contribution >= 0.6 is 38.8 Å². The molecule has 2 nitrogen and oxygen atoms in total. The third-order valence-corrected chi connectivity index (χ3v) is 0.412. The maximum atomic E-state index is 10.0.